The molecule has 1 aliphatic carbocycles. The second-order valence-electron chi connectivity index (χ2n) is 6.92. The zero-order valence-electron chi connectivity index (χ0n) is 14.0. The number of rotatable bonds is 5. The van der Waals surface area contributed by atoms with Gasteiger partial charge < -0.3 is 5.32 Å². The Morgan fingerprint density at radius 3 is 2.35 bits per heavy atom. The van der Waals surface area contributed by atoms with Gasteiger partial charge in [-0.25, -0.2) is 9.69 Å². The highest BCUT2D eigenvalue weighted by Gasteiger charge is 2.45. The number of amides is 5. The van der Waals surface area contributed by atoms with Crippen molar-refractivity contribution < 1.29 is 19.2 Å². The van der Waals surface area contributed by atoms with Gasteiger partial charge in [-0.3, -0.25) is 19.3 Å². The Labute approximate surface area is 136 Å². The van der Waals surface area contributed by atoms with E-state index < -0.39 is 17.8 Å². The summed E-state index contributed by atoms with van der Waals surface area (Å²) in [7, 11) is 0. The summed E-state index contributed by atoms with van der Waals surface area (Å²) in [6.07, 6.45) is 4.20. The highest BCUT2D eigenvalue weighted by molar-refractivity contribution is 6.45. The lowest BCUT2D eigenvalue weighted by Gasteiger charge is -2.29. The molecule has 0 aromatic rings. The molecule has 1 N–H and O–H groups in total. The summed E-state index contributed by atoms with van der Waals surface area (Å²) in [5, 5.41) is 2.89. The van der Waals surface area contributed by atoms with E-state index in [1.165, 1.54) is 0 Å². The topological polar surface area (TPSA) is 86.8 Å². The summed E-state index contributed by atoms with van der Waals surface area (Å²) < 4.78 is 0. The molecule has 7 heteroatoms. The van der Waals surface area contributed by atoms with Crippen molar-refractivity contribution in [3.05, 3.63) is 0 Å². The van der Waals surface area contributed by atoms with Gasteiger partial charge in [0.2, 0.25) is 5.91 Å². The van der Waals surface area contributed by atoms with Crippen LogP contribution in [0.5, 0.6) is 0 Å². The van der Waals surface area contributed by atoms with Crippen molar-refractivity contribution in [2.24, 2.45) is 11.8 Å². The van der Waals surface area contributed by atoms with Gasteiger partial charge in [-0.15, -0.1) is 0 Å². The molecule has 128 valence electrons. The molecule has 7 nitrogen and oxygen atoms in total. The van der Waals surface area contributed by atoms with Crippen LogP contribution in [0.2, 0.25) is 0 Å². The van der Waals surface area contributed by atoms with E-state index in [9.17, 15) is 19.2 Å². The van der Waals surface area contributed by atoms with Crippen LogP contribution in [0.15, 0.2) is 0 Å². The van der Waals surface area contributed by atoms with Crippen molar-refractivity contribution in [2.45, 2.75) is 52.5 Å². The van der Waals surface area contributed by atoms with Gasteiger partial charge in [-0.2, -0.15) is 0 Å². The second-order valence-corrected chi connectivity index (χ2v) is 6.92. The maximum atomic E-state index is 12.2. The molecule has 1 saturated carbocycles. The molecule has 23 heavy (non-hydrogen) atoms. The first-order valence-electron chi connectivity index (χ1n) is 8.28. The standard InChI is InChI=1S/C16H25N3O4/c1-10(2)8-18-14(21)15(22)19(16(18)23)9-13(20)17-12-7-5-4-6-11(12)3/h10-12H,4-9H2,1-3H3,(H,17,20)/t11-,12+/m1/s1. The number of urea groups is 1. The van der Waals surface area contributed by atoms with Crippen molar-refractivity contribution in [3.8, 4) is 0 Å². The molecule has 2 rings (SSSR count). The molecule has 2 aliphatic rings. The van der Waals surface area contributed by atoms with E-state index in [-0.39, 0.29) is 31.0 Å². The molecule has 0 unspecified atom stereocenters. The second kappa shape index (κ2) is 7.10. The molecule has 0 aromatic carbocycles. The zero-order valence-corrected chi connectivity index (χ0v) is 14.0. The highest BCUT2D eigenvalue weighted by Crippen LogP contribution is 2.23. The lowest BCUT2D eigenvalue weighted by atomic mass is 9.86. The SMILES string of the molecule is CC(C)CN1C(=O)C(=O)N(CC(=O)N[C@H]2CCCC[C@H]2C)C1=O. The minimum absolute atomic E-state index is 0.0626. The van der Waals surface area contributed by atoms with Crippen LogP contribution in [-0.4, -0.2) is 52.7 Å². The molecule has 2 fully saturated rings. The molecule has 0 aromatic heterocycles. The van der Waals surface area contributed by atoms with E-state index in [2.05, 4.69) is 12.2 Å². The number of hydrogen-bond donors (Lipinski definition) is 1. The molecule has 1 saturated heterocycles. The molecule has 0 bridgehead atoms. The Bertz CT molecular complexity index is 517. The van der Waals surface area contributed by atoms with Crippen LogP contribution >= 0.6 is 0 Å². The number of carbonyl (C=O) groups is 4. The molecule has 1 aliphatic heterocycles. The van der Waals surface area contributed by atoms with E-state index in [1.807, 2.05) is 13.8 Å². The first-order chi connectivity index (χ1) is 10.8. The van der Waals surface area contributed by atoms with Crippen molar-refractivity contribution in [1.29, 1.82) is 0 Å². The van der Waals surface area contributed by atoms with Gasteiger partial charge in [0, 0.05) is 12.6 Å². The van der Waals surface area contributed by atoms with Crippen molar-refractivity contribution in [1.82, 2.24) is 15.1 Å². The van der Waals surface area contributed by atoms with Crippen LogP contribution in [0, 0.1) is 11.8 Å². The fourth-order valence-electron chi connectivity index (χ4n) is 3.14. The summed E-state index contributed by atoms with van der Waals surface area (Å²) in [6.45, 7) is 5.59. The largest absolute Gasteiger partial charge is 0.352 e. The predicted molar refractivity (Wildman–Crippen MR) is 83.2 cm³/mol. The lowest BCUT2D eigenvalue weighted by molar-refractivity contribution is -0.144. The fraction of sp³-hybridized carbons (Fsp3) is 0.750. The maximum absolute atomic E-state index is 12.2. The highest BCUT2D eigenvalue weighted by atomic mass is 16.2. The molecule has 0 radical (unpaired) electrons. The van der Waals surface area contributed by atoms with Gasteiger partial charge in [0.1, 0.15) is 6.54 Å². The minimum atomic E-state index is -0.914. The summed E-state index contributed by atoms with van der Waals surface area (Å²) in [5.41, 5.74) is 0. The minimum Gasteiger partial charge on any atom is -0.352 e. The Morgan fingerprint density at radius 2 is 1.74 bits per heavy atom. The van der Waals surface area contributed by atoms with E-state index in [0.717, 1.165) is 35.5 Å². The van der Waals surface area contributed by atoms with E-state index >= 15 is 0 Å². The Kier molecular flexibility index (Phi) is 5.38. The summed E-state index contributed by atoms with van der Waals surface area (Å²) in [6, 6.07) is -0.618. The van der Waals surface area contributed by atoms with E-state index in [4.69, 9.17) is 0 Å². The molecule has 5 amide bonds. The monoisotopic (exact) mass is 323 g/mol. The van der Waals surface area contributed by atoms with Gasteiger partial charge in [0.15, 0.2) is 0 Å². The Morgan fingerprint density at radius 1 is 1.13 bits per heavy atom. The normalized spacial score (nSPS) is 25.5. The quantitative estimate of drug-likeness (QED) is 0.607. The van der Waals surface area contributed by atoms with Gasteiger partial charge in [0.25, 0.3) is 0 Å². The first-order valence-corrected chi connectivity index (χ1v) is 8.28. The fourth-order valence-corrected chi connectivity index (χ4v) is 3.14. The van der Waals surface area contributed by atoms with Crippen molar-refractivity contribution in [2.75, 3.05) is 13.1 Å². The average Bonchev–Trinajstić information content (AvgIpc) is 2.67. The van der Waals surface area contributed by atoms with Gasteiger partial charge in [0.05, 0.1) is 0 Å². The molecular formula is C16H25N3O4. The van der Waals surface area contributed by atoms with Crippen molar-refractivity contribution >= 4 is 23.8 Å². The average molecular weight is 323 g/mol. The third kappa shape index (κ3) is 3.89. The number of hydrogen-bond acceptors (Lipinski definition) is 4. The van der Waals surface area contributed by atoms with Crippen LogP contribution in [-0.2, 0) is 14.4 Å². The molecule has 1 heterocycles. The molecule has 2 atom stereocenters. The van der Waals surface area contributed by atoms with Gasteiger partial charge in [-0.05, 0) is 24.7 Å². The van der Waals surface area contributed by atoms with E-state index in [1.54, 1.807) is 0 Å². The number of imide groups is 2. The van der Waals surface area contributed by atoms with Crippen molar-refractivity contribution in [3.63, 3.8) is 0 Å². The maximum Gasteiger partial charge on any atom is 0.334 e. The van der Waals surface area contributed by atoms with Crippen LogP contribution < -0.4 is 5.32 Å². The number of nitrogens with one attached hydrogen (secondary N) is 1. The van der Waals surface area contributed by atoms with Gasteiger partial charge >= 0.3 is 17.8 Å². The van der Waals surface area contributed by atoms with Crippen LogP contribution in [0.4, 0.5) is 4.79 Å². The summed E-state index contributed by atoms with van der Waals surface area (Å²) in [5.74, 6) is -1.70. The third-order valence-electron chi connectivity index (χ3n) is 4.44. The Hall–Kier alpha value is -1.92. The summed E-state index contributed by atoms with van der Waals surface area (Å²) >= 11 is 0. The lowest BCUT2D eigenvalue weighted by Crippen LogP contribution is -2.47. The smallest absolute Gasteiger partial charge is 0.334 e. The molecule has 0 spiro atoms. The predicted octanol–water partition coefficient (Wildman–Crippen LogP) is 1.13. The van der Waals surface area contributed by atoms with Crippen LogP contribution in [0.3, 0.4) is 0 Å². The van der Waals surface area contributed by atoms with Crippen LogP contribution in [0.1, 0.15) is 46.5 Å². The Balaban J connectivity index is 1.96. The zero-order chi connectivity index (χ0) is 17.1. The van der Waals surface area contributed by atoms with Crippen LogP contribution in [0.25, 0.3) is 0 Å². The summed E-state index contributed by atoms with van der Waals surface area (Å²) in [4.78, 5) is 49.8. The molecular weight excluding hydrogens is 298 g/mol. The van der Waals surface area contributed by atoms with E-state index in [0.29, 0.717) is 5.92 Å². The van der Waals surface area contributed by atoms with Gasteiger partial charge in [-0.1, -0.05) is 33.6 Å². The number of carbonyl (C=O) groups excluding carboxylic acids is 4. The first kappa shape index (κ1) is 17.4. The third-order valence-corrected chi connectivity index (χ3v) is 4.44. The number of nitrogens with zero attached hydrogens (tertiary/aromatic N) is 2.